The Morgan fingerprint density at radius 2 is 1.23 bits per heavy atom. The standard InChI is InChI=1S/C21H40O5/c22-17-15-13-11-9-7-5-3-1-2-4-6-8-10-12-14-16-20(18-23)21(25)26-19-24/h2,4,20,22-24H,1,3,5-19H2. The molecule has 0 aliphatic carbocycles. The third-order valence-corrected chi connectivity index (χ3v) is 4.63. The van der Waals surface area contributed by atoms with Crippen LogP contribution in [-0.2, 0) is 9.53 Å². The third-order valence-electron chi connectivity index (χ3n) is 4.63. The molecule has 0 radical (unpaired) electrons. The van der Waals surface area contributed by atoms with Crippen molar-refractivity contribution < 1.29 is 24.9 Å². The summed E-state index contributed by atoms with van der Waals surface area (Å²) >= 11 is 0. The molecule has 1 unspecified atom stereocenters. The molecule has 0 bridgehead atoms. The van der Waals surface area contributed by atoms with Gasteiger partial charge in [0.15, 0.2) is 6.79 Å². The van der Waals surface area contributed by atoms with Crippen molar-refractivity contribution in [2.24, 2.45) is 5.92 Å². The molecule has 0 saturated carbocycles. The minimum absolute atomic E-state index is 0.218. The number of rotatable bonds is 19. The van der Waals surface area contributed by atoms with Gasteiger partial charge in [-0.05, 0) is 38.5 Å². The van der Waals surface area contributed by atoms with Crippen LogP contribution in [0.1, 0.15) is 89.9 Å². The summed E-state index contributed by atoms with van der Waals surface area (Å²) < 4.78 is 4.51. The highest BCUT2D eigenvalue weighted by Crippen LogP contribution is 2.13. The largest absolute Gasteiger partial charge is 0.438 e. The van der Waals surface area contributed by atoms with Gasteiger partial charge in [0, 0.05) is 6.61 Å². The summed E-state index contributed by atoms with van der Waals surface area (Å²) in [7, 11) is 0. The molecule has 0 heterocycles. The van der Waals surface area contributed by atoms with Crippen LogP contribution in [0.3, 0.4) is 0 Å². The molecule has 0 aromatic heterocycles. The lowest BCUT2D eigenvalue weighted by atomic mass is 10.0. The van der Waals surface area contributed by atoms with Crippen LogP contribution in [0.5, 0.6) is 0 Å². The first-order valence-electron chi connectivity index (χ1n) is 10.4. The summed E-state index contributed by atoms with van der Waals surface area (Å²) in [6, 6.07) is 0. The maximum Gasteiger partial charge on any atom is 0.313 e. The summed E-state index contributed by atoms with van der Waals surface area (Å²) in [5.74, 6) is -1.01. The molecule has 154 valence electrons. The van der Waals surface area contributed by atoms with Gasteiger partial charge in [0.2, 0.25) is 0 Å². The Morgan fingerprint density at radius 1 is 0.731 bits per heavy atom. The summed E-state index contributed by atoms with van der Waals surface area (Å²) in [5.41, 5.74) is 0. The van der Waals surface area contributed by atoms with E-state index in [-0.39, 0.29) is 6.61 Å². The molecule has 0 spiro atoms. The lowest BCUT2D eigenvalue weighted by molar-refractivity contribution is -0.158. The third kappa shape index (κ3) is 16.6. The Kier molecular flexibility index (Phi) is 19.7. The van der Waals surface area contributed by atoms with Crippen molar-refractivity contribution in [2.75, 3.05) is 20.0 Å². The number of ether oxygens (including phenoxy) is 1. The zero-order chi connectivity index (χ0) is 19.3. The maximum absolute atomic E-state index is 11.4. The van der Waals surface area contributed by atoms with Crippen LogP contribution in [-0.4, -0.2) is 41.3 Å². The molecular formula is C21H40O5. The molecule has 5 nitrogen and oxygen atoms in total. The number of hydrogen-bond donors (Lipinski definition) is 3. The van der Waals surface area contributed by atoms with Crippen LogP contribution in [0, 0.1) is 5.92 Å². The van der Waals surface area contributed by atoms with Crippen molar-refractivity contribution in [3.63, 3.8) is 0 Å². The van der Waals surface area contributed by atoms with Crippen molar-refractivity contribution in [3.05, 3.63) is 12.2 Å². The smallest absolute Gasteiger partial charge is 0.313 e. The number of aliphatic hydroxyl groups is 3. The van der Waals surface area contributed by atoms with Crippen LogP contribution in [0.25, 0.3) is 0 Å². The predicted octanol–water partition coefficient (Wildman–Crippen LogP) is 4.10. The van der Waals surface area contributed by atoms with Crippen LogP contribution in [0.4, 0.5) is 0 Å². The average molecular weight is 373 g/mol. The van der Waals surface area contributed by atoms with Crippen molar-refractivity contribution in [1.29, 1.82) is 0 Å². The van der Waals surface area contributed by atoms with Gasteiger partial charge in [-0.25, -0.2) is 0 Å². The van der Waals surface area contributed by atoms with Crippen molar-refractivity contribution in [1.82, 2.24) is 0 Å². The molecule has 0 aliphatic heterocycles. The molecule has 5 heteroatoms. The SMILES string of the molecule is O=C(OCO)C(CO)CCCCCCC=CCCCCCCCCCO. The second kappa shape index (κ2) is 20.4. The van der Waals surface area contributed by atoms with Gasteiger partial charge in [-0.15, -0.1) is 0 Å². The van der Waals surface area contributed by atoms with Crippen molar-refractivity contribution in [2.45, 2.75) is 89.9 Å². The van der Waals surface area contributed by atoms with E-state index in [1.165, 1.54) is 38.5 Å². The number of esters is 1. The maximum atomic E-state index is 11.4. The first-order valence-corrected chi connectivity index (χ1v) is 10.4. The quantitative estimate of drug-likeness (QED) is 0.138. The zero-order valence-corrected chi connectivity index (χ0v) is 16.4. The molecule has 0 aromatic rings. The minimum Gasteiger partial charge on any atom is -0.438 e. The molecular weight excluding hydrogens is 332 g/mol. The molecule has 0 fully saturated rings. The second-order valence-electron chi connectivity index (χ2n) is 6.92. The van der Waals surface area contributed by atoms with E-state index in [4.69, 9.17) is 15.3 Å². The Hall–Kier alpha value is -0.910. The van der Waals surface area contributed by atoms with Crippen molar-refractivity contribution >= 4 is 5.97 Å². The van der Waals surface area contributed by atoms with Crippen LogP contribution in [0.15, 0.2) is 12.2 Å². The lowest BCUT2D eigenvalue weighted by Gasteiger charge is -2.11. The Morgan fingerprint density at radius 3 is 1.73 bits per heavy atom. The fourth-order valence-electron chi connectivity index (χ4n) is 2.97. The Balaban J connectivity index is 3.34. The van der Waals surface area contributed by atoms with E-state index < -0.39 is 18.7 Å². The van der Waals surface area contributed by atoms with Gasteiger partial charge in [-0.1, -0.05) is 63.5 Å². The summed E-state index contributed by atoms with van der Waals surface area (Å²) in [4.78, 5) is 11.4. The Labute approximate surface area is 159 Å². The van der Waals surface area contributed by atoms with Gasteiger partial charge < -0.3 is 20.1 Å². The van der Waals surface area contributed by atoms with Crippen LogP contribution in [0.2, 0.25) is 0 Å². The molecule has 26 heavy (non-hydrogen) atoms. The van der Waals surface area contributed by atoms with Crippen LogP contribution >= 0.6 is 0 Å². The molecule has 0 rings (SSSR count). The highest BCUT2D eigenvalue weighted by molar-refractivity contribution is 5.72. The Bertz CT molecular complexity index is 330. The second-order valence-corrected chi connectivity index (χ2v) is 6.92. The summed E-state index contributed by atoms with van der Waals surface area (Å²) in [5, 5.41) is 26.4. The van der Waals surface area contributed by atoms with E-state index in [1.54, 1.807) is 0 Å². The number of aliphatic hydroxyl groups excluding tert-OH is 3. The first kappa shape index (κ1) is 25.1. The van der Waals surface area contributed by atoms with Gasteiger partial charge in [-0.3, -0.25) is 4.79 Å². The molecule has 1 atom stereocenters. The normalized spacial score (nSPS) is 12.6. The fraction of sp³-hybridized carbons (Fsp3) is 0.857. The lowest BCUT2D eigenvalue weighted by Crippen LogP contribution is -2.21. The number of hydrogen-bond acceptors (Lipinski definition) is 5. The molecule has 0 amide bonds. The number of unbranched alkanes of at least 4 members (excludes halogenated alkanes) is 11. The summed E-state index contributed by atoms with van der Waals surface area (Å²) in [6.45, 7) is -0.510. The predicted molar refractivity (Wildman–Crippen MR) is 105 cm³/mol. The van der Waals surface area contributed by atoms with Crippen molar-refractivity contribution in [3.8, 4) is 0 Å². The van der Waals surface area contributed by atoms with E-state index in [2.05, 4.69) is 16.9 Å². The number of carbonyl (C=O) groups excluding carboxylic acids is 1. The molecule has 0 aliphatic rings. The van der Waals surface area contributed by atoms with Crippen LogP contribution < -0.4 is 0 Å². The fourth-order valence-corrected chi connectivity index (χ4v) is 2.97. The van der Waals surface area contributed by atoms with Gasteiger partial charge in [0.05, 0.1) is 12.5 Å². The van der Waals surface area contributed by atoms with E-state index in [0.717, 1.165) is 44.9 Å². The highest BCUT2D eigenvalue weighted by atomic mass is 16.6. The molecule has 3 N–H and O–H groups in total. The number of allylic oxidation sites excluding steroid dienone is 2. The monoisotopic (exact) mass is 372 g/mol. The minimum atomic E-state index is -0.619. The highest BCUT2D eigenvalue weighted by Gasteiger charge is 2.18. The topological polar surface area (TPSA) is 87.0 Å². The van der Waals surface area contributed by atoms with E-state index in [9.17, 15) is 4.79 Å². The average Bonchev–Trinajstić information content (AvgIpc) is 2.64. The van der Waals surface area contributed by atoms with E-state index in [1.807, 2.05) is 0 Å². The number of carbonyl (C=O) groups is 1. The van der Waals surface area contributed by atoms with E-state index in [0.29, 0.717) is 13.0 Å². The van der Waals surface area contributed by atoms with Gasteiger partial charge in [0.1, 0.15) is 0 Å². The molecule has 0 aromatic carbocycles. The summed E-state index contributed by atoms with van der Waals surface area (Å²) in [6.07, 6.45) is 20.2. The zero-order valence-electron chi connectivity index (χ0n) is 16.4. The van der Waals surface area contributed by atoms with Gasteiger partial charge in [-0.2, -0.15) is 0 Å². The van der Waals surface area contributed by atoms with Gasteiger partial charge in [0.25, 0.3) is 0 Å². The molecule has 0 saturated heterocycles. The van der Waals surface area contributed by atoms with E-state index >= 15 is 0 Å². The first-order chi connectivity index (χ1) is 12.8. The van der Waals surface area contributed by atoms with Gasteiger partial charge >= 0.3 is 5.97 Å².